The average Bonchev–Trinajstić information content (AvgIpc) is 3.35. The number of anilines is 1. The van der Waals surface area contributed by atoms with E-state index in [1.165, 1.54) is 0 Å². The van der Waals surface area contributed by atoms with Crippen molar-refractivity contribution in [1.82, 2.24) is 10.3 Å². The van der Waals surface area contributed by atoms with Gasteiger partial charge in [-0.15, -0.1) is 0 Å². The van der Waals surface area contributed by atoms with Crippen molar-refractivity contribution in [2.75, 3.05) is 19.2 Å². The lowest BCUT2D eigenvalue weighted by Gasteiger charge is -2.12. The summed E-state index contributed by atoms with van der Waals surface area (Å²) in [5.41, 5.74) is 2.53. The summed E-state index contributed by atoms with van der Waals surface area (Å²) in [6.45, 7) is 0.492. The Labute approximate surface area is 195 Å². The van der Waals surface area contributed by atoms with Crippen molar-refractivity contribution in [2.24, 2.45) is 0 Å². The third kappa shape index (κ3) is 4.33. The number of pyridine rings is 1. The molecule has 0 aliphatic carbocycles. The molecule has 8 heteroatoms. The van der Waals surface area contributed by atoms with Crippen LogP contribution in [0.5, 0.6) is 17.2 Å². The van der Waals surface area contributed by atoms with Crippen LogP contribution < -0.4 is 24.8 Å². The SMILES string of the molecule is COc1ccc2nc(C(=O)Nc3ccccc3C(=O)NCc3ccc4c(c3)OCO4)ccc2c1. The Balaban J connectivity index is 1.30. The fraction of sp³-hybridized carbons (Fsp3) is 0.115. The molecule has 1 aliphatic rings. The minimum absolute atomic E-state index is 0.193. The van der Waals surface area contributed by atoms with Crippen LogP contribution in [0.15, 0.2) is 72.8 Å². The molecule has 170 valence electrons. The van der Waals surface area contributed by atoms with Crippen molar-refractivity contribution < 1.29 is 23.8 Å². The summed E-state index contributed by atoms with van der Waals surface area (Å²) in [6.07, 6.45) is 0. The Hall–Kier alpha value is -4.59. The predicted octanol–water partition coefficient (Wildman–Crippen LogP) is 4.15. The van der Waals surface area contributed by atoms with Crippen LogP contribution in [0, 0.1) is 0 Å². The van der Waals surface area contributed by atoms with E-state index in [-0.39, 0.29) is 18.4 Å². The van der Waals surface area contributed by atoms with E-state index in [0.717, 1.165) is 10.9 Å². The number of aromatic nitrogens is 1. The highest BCUT2D eigenvalue weighted by Gasteiger charge is 2.17. The topological polar surface area (TPSA) is 98.8 Å². The van der Waals surface area contributed by atoms with Crippen LogP contribution in [-0.2, 0) is 6.54 Å². The Morgan fingerprint density at radius 2 is 1.79 bits per heavy atom. The maximum atomic E-state index is 12.9. The first kappa shape index (κ1) is 21.3. The molecule has 4 aromatic rings. The van der Waals surface area contributed by atoms with Gasteiger partial charge < -0.3 is 24.8 Å². The van der Waals surface area contributed by atoms with Crippen molar-refractivity contribution in [3.8, 4) is 17.2 Å². The smallest absolute Gasteiger partial charge is 0.274 e. The van der Waals surface area contributed by atoms with Crippen LogP contribution in [0.4, 0.5) is 5.69 Å². The van der Waals surface area contributed by atoms with Crippen LogP contribution in [0.25, 0.3) is 10.9 Å². The Kier molecular flexibility index (Phi) is 5.70. The number of hydrogen-bond acceptors (Lipinski definition) is 6. The number of nitrogens with zero attached hydrogens (tertiary/aromatic N) is 1. The molecular formula is C26H21N3O5. The largest absolute Gasteiger partial charge is 0.497 e. The zero-order chi connectivity index (χ0) is 23.5. The Bertz CT molecular complexity index is 1400. The van der Waals surface area contributed by atoms with E-state index in [4.69, 9.17) is 14.2 Å². The fourth-order valence-corrected chi connectivity index (χ4v) is 3.66. The van der Waals surface area contributed by atoms with Gasteiger partial charge >= 0.3 is 0 Å². The van der Waals surface area contributed by atoms with Crippen molar-refractivity contribution in [2.45, 2.75) is 6.54 Å². The van der Waals surface area contributed by atoms with Crippen molar-refractivity contribution >= 4 is 28.4 Å². The number of rotatable bonds is 6. The molecular weight excluding hydrogens is 434 g/mol. The van der Waals surface area contributed by atoms with Crippen LogP contribution in [0.2, 0.25) is 0 Å². The number of ether oxygens (including phenoxy) is 3. The van der Waals surface area contributed by atoms with Gasteiger partial charge in [0.25, 0.3) is 11.8 Å². The maximum Gasteiger partial charge on any atom is 0.274 e. The van der Waals surface area contributed by atoms with Crippen molar-refractivity contribution in [3.05, 3.63) is 89.6 Å². The van der Waals surface area contributed by atoms with Crippen LogP contribution in [0.1, 0.15) is 26.4 Å². The predicted molar refractivity (Wildman–Crippen MR) is 126 cm³/mol. The molecule has 1 aliphatic heterocycles. The molecule has 2 amide bonds. The minimum Gasteiger partial charge on any atom is -0.497 e. The van der Waals surface area contributed by atoms with Crippen LogP contribution in [0.3, 0.4) is 0 Å². The number of amides is 2. The average molecular weight is 455 g/mol. The van der Waals surface area contributed by atoms with E-state index in [0.29, 0.717) is 40.6 Å². The number of fused-ring (bicyclic) bond motifs is 2. The molecule has 0 spiro atoms. The number of hydrogen-bond donors (Lipinski definition) is 2. The number of para-hydroxylation sites is 1. The molecule has 2 heterocycles. The standard InChI is InChI=1S/C26H21N3O5/c1-32-18-8-10-20-17(13-18)7-9-22(28-20)26(31)29-21-5-3-2-4-19(21)25(30)27-14-16-6-11-23-24(12-16)34-15-33-23/h2-13H,14-15H2,1H3,(H,27,30)(H,29,31). The lowest BCUT2D eigenvalue weighted by molar-refractivity contribution is 0.0951. The molecule has 0 atom stereocenters. The second kappa shape index (κ2) is 9.11. The second-order valence-electron chi connectivity index (χ2n) is 7.63. The summed E-state index contributed by atoms with van der Waals surface area (Å²) >= 11 is 0. The molecule has 0 fully saturated rings. The molecule has 8 nitrogen and oxygen atoms in total. The number of nitrogens with one attached hydrogen (secondary N) is 2. The van der Waals surface area contributed by atoms with E-state index in [9.17, 15) is 9.59 Å². The molecule has 1 aromatic heterocycles. The minimum atomic E-state index is -0.409. The molecule has 5 rings (SSSR count). The zero-order valence-electron chi connectivity index (χ0n) is 18.3. The Morgan fingerprint density at radius 1 is 0.941 bits per heavy atom. The fourth-order valence-electron chi connectivity index (χ4n) is 3.66. The quantitative estimate of drug-likeness (QED) is 0.453. The van der Waals surface area contributed by atoms with E-state index in [2.05, 4.69) is 15.6 Å². The molecule has 3 aromatic carbocycles. The van der Waals surface area contributed by atoms with Gasteiger partial charge in [0.2, 0.25) is 6.79 Å². The number of carbonyl (C=O) groups is 2. The number of methoxy groups -OCH3 is 1. The van der Waals surface area contributed by atoms with Gasteiger partial charge in [0.05, 0.1) is 23.9 Å². The summed E-state index contributed by atoms with van der Waals surface area (Å²) < 4.78 is 15.9. The first-order valence-electron chi connectivity index (χ1n) is 10.6. The highest BCUT2D eigenvalue weighted by atomic mass is 16.7. The van der Waals surface area contributed by atoms with Crippen LogP contribution in [-0.4, -0.2) is 30.7 Å². The van der Waals surface area contributed by atoms with Crippen molar-refractivity contribution in [3.63, 3.8) is 0 Å². The maximum absolute atomic E-state index is 12.9. The third-order valence-electron chi connectivity index (χ3n) is 5.44. The van der Waals surface area contributed by atoms with Gasteiger partial charge in [0.1, 0.15) is 11.4 Å². The van der Waals surface area contributed by atoms with E-state index >= 15 is 0 Å². The van der Waals surface area contributed by atoms with Gasteiger partial charge in [-0.3, -0.25) is 9.59 Å². The summed E-state index contributed by atoms with van der Waals surface area (Å²) in [6, 6.07) is 21.2. The normalized spacial score (nSPS) is 11.8. The first-order valence-corrected chi connectivity index (χ1v) is 10.6. The van der Waals surface area contributed by atoms with Gasteiger partial charge in [-0.25, -0.2) is 4.98 Å². The van der Waals surface area contributed by atoms with Gasteiger partial charge in [-0.05, 0) is 54.1 Å². The Morgan fingerprint density at radius 3 is 2.68 bits per heavy atom. The van der Waals surface area contributed by atoms with Gasteiger partial charge in [-0.1, -0.05) is 24.3 Å². The molecule has 0 bridgehead atoms. The molecule has 0 radical (unpaired) electrons. The molecule has 0 saturated carbocycles. The highest BCUT2D eigenvalue weighted by molar-refractivity contribution is 6.08. The summed E-state index contributed by atoms with van der Waals surface area (Å²) in [5, 5.41) is 6.54. The molecule has 2 N–H and O–H groups in total. The van der Waals surface area contributed by atoms with E-state index < -0.39 is 5.91 Å². The zero-order valence-corrected chi connectivity index (χ0v) is 18.3. The van der Waals surface area contributed by atoms with Gasteiger partial charge in [0.15, 0.2) is 11.5 Å². The van der Waals surface area contributed by atoms with Gasteiger partial charge in [-0.2, -0.15) is 0 Å². The molecule has 34 heavy (non-hydrogen) atoms. The van der Waals surface area contributed by atoms with E-state index in [1.807, 2.05) is 30.3 Å². The summed E-state index contributed by atoms with van der Waals surface area (Å²) in [5.74, 6) is 1.33. The highest BCUT2D eigenvalue weighted by Crippen LogP contribution is 2.32. The van der Waals surface area contributed by atoms with Crippen LogP contribution >= 0.6 is 0 Å². The monoisotopic (exact) mass is 455 g/mol. The summed E-state index contributed by atoms with van der Waals surface area (Å²) in [4.78, 5) is 30.2. The second-order valence-corrected chi connectivity index (χ2v) is 7.63. The van der Waals surface area contributed by atoms with Crippen molar-refractivity contribution in [1.29, 1.82) is 0 Å². The number of carbonyl (C=O) groups excluding carboxylic acids is 2. The van der Waals surface area contributed by atoms with Gasteiger partial charge in [0, 0.05) is 11.9 Å². The summed E-state index contributed by atoms with van der Waals surface area (Å²) in [7, 11) is 1.60. The lowest BCUT2D eigenvalue weighted by atomic mass is 10.1. The number of benzene rings is 3. The third-order valence-corrected chi connectivity index (χ3v) is 5.44. The first-order chi connectivity index (χ1) is 16.6. The van der Waals surface area contributed by atoms with E-state index in [1.54, 1.807) is 49.6 Å². The molecule has 0 saturated heterocycles. The lowest BCUT2D eigenvalue weighted by Crippen LogP contribution is -2.25. The molecule has 0 unspecified atom stereocenters.